The first-order valence-electron chi connectivity index (χ1n) is 36.5. The number of phosphoric ester groups is 2. The lowest BCUT2D eigenvalue weighted by Crippen LogP contribution is -2.67. The average Bonchev–Trinajstić information content (AvgIpc) is 0.807. The molecular weight excluding hydrogens is 1240 g/mol. The maximum absolute atomic E-state index is 14.1. The number of amides is 2. The van der Waals surface area contributed by atoms with Crippen molar-refractivity contribution in [1.82, 2.24) is 10.6 Å². The molecule has 2 amide bonds. The van der Waals surface area contributed by atoms with Crippen LogP contribution >= 0.6 is 15.6 Å². The Kier molecular flexibility index (Phi) is 51.7. The molecule has 2 aliphatic rings. The van der Waals surface area contributed by atoms with Gasteiger partial charge in [-0.3, -0.25) is 28.0 Å². The van der Waals surface area contributed by atoms with E-state index in [2.05, 4.69) is 31.4 Å². The van der Waals surface area contributed by atoms with E-state index in [0.29, 0.717) is 38.5 Å². The number of rotatable bonds is 62. The van der Waals surface area contributed by atoms with Crippen molar-refractivity contribution in [3.63, 3.8) is 0 Å². The molecule has 2 rings (SSSR count). The Balaban J connectivity index is 2.26. The molecule has 2 saturated heterocycles. The molecule has 2 aliphatic heterocycles. The highest BCUT2D eigenvalue weighted by Crippen LogP contribution is 2.44. The van der Waals surface area contributed by atoms with Gasteiger partial charge in [-0.1, -0.05) is 239 Å². The molecule has 0 radical (unpaired) electrons. The van der Waals surface area contributed by atoms with Gasteiger partial charge in [0, 0.05) is 6.42 Å². The van der Waals surface area contributed by atoms with E-state index in [4.69, 9.17) is 43.0 Å². The summed E-state index contributed by atoms with van der Waals surface area (Å²) in [4.78, 5) is 71.2. The van der Waals surface area contributed by atoms with Crippen LogP contribution in [0.3, 0.4) is 0 Å². The molecule has 1 unspecified atom stereocenters. The molecule has 0 aromatic rings. The minimum absolute atomic E-state index is 0.0240. The van der Waals surface area contributed by atoms with Crippen molar-refractivity contribution in [2.24, 2.45) is 5.73 Å². The van der Waals surface area contributed by atoms with E-state index in [0.717, 1.165) is 141 Å². The standard InChI is InChI=1S/C67H131N3O21P2/c1-4-7-10-13-16-22-27-32-37-42-53(72)49-57(73)69-60-63(77)62(76)56(90-66(60)84-47-48-87-93(82,83)86-46-41-36-31-26-21-19-20-25-30-35-40-45-68)52-85-67-61(64(78)65(55(51-71)89-67)91-92(79,80)81)70-58(74)50-54(43-38-33-28-23-17-14-11-8-5-2)88-59(75)44-39-34-29-24-18-15-12-9-6-3/h53-56,60-67,71-72,76-78H,4-52,68H2,1-3H3,(H,69,73)(H,70,74)(H,82,83)(H2,79,80,81)/t53-,54-,55-,56-,60-,61-,62-,63-,64-,65-,66+,67-/m1/s1. The Hall–Kier alpha value is -1.77. The number of phosphoric acid groups is 2. The van der Waals surface area contributed by atoms with Crippen LogP contribution in [-0.4, -0.2) is 171 Å². The number of carbonyl (C=O) groups is 3. The summed E-state index contributed by atoms with van der Waals surface area (Å²) in [6.45, 7) is 4.57. The number of esters is 1. The second-order valence-corrected chi connectivity index (χ2v) is 28.6. The molecule has 0 aromatic carbocycles. The highest BCUT2D eigenvalue weighted by molar-refractivity contribution is 7.47. The van der Waals surface area contributed by atoms with Gasteiger partial charge in [0.05, 0.1) is 52.0 Å². The zero-order valence-electron chi connectivity index (χ0n) is 57.4. The van der Waals surface area contributed by atoms with Crippen LogP contribution in [0.25, 0.3) is 0 Å². The lowest BCUT2D eigenvalue weighted by molar-refractivity contribution is -0.303. The molecule has 0 bridgehead atoms. The fourth-order valence-electron chi connectivity index (χ4n) is 12.0. The minimum Gasteiger partial charge on any atom is -0.462 e. The SMILES string of the molecule is CCCCCCCCCCCC(=O)O[C@H](CCCCCCCCCCC)CC(=O)N[C@H]1[C@H](OC[C@H]2O[C@H](OCCOP(=O)(O)OCCCCCCCCCCCCCN)[C@H](NC(=O)C[C@H](O)CCCCCCCCCCC)[C@@H](O)[C@@H]2O)O[C@H](CO)[C@@H](OP(=O)(O)O)[C@@H]1O. The van der Waals surface area contributed by atoms with E-state index < -0.39 is 133 Å². The maximum Gasteiger partial charge on any atom is 0.472 e. The zero-order chi connectivity index (χ0) is 68.4. The Bertz CT molecular complexity index is 1950. The normalized spacial score (nSPS) is 23.1. The number of aliphatic hydroxyl groups is 5. The smallest absolute Gasteiger partial charge is 0.462 e. The molecule has 24 nitrogen and oxygen atoms in total. The average molecular weight is 1380 g/mol. The van der Waals surface area contributed by atoms with Crippen LogP contribution in [0.15, 0.2) is 0 Å². The fraction of sp³-hybridized carbons (Fsp3) is 0.955. The zero-order valence-corrected chi connectivity index (χ0v) is 59.2. The van der Waals surface area contributed by atoms with E-state index in [1.807, 2.05) is 0 Å². The third-order valence-corrected chi connectivity index (χ3v) is 19.0. The third kappa shape index (κ3) is 43.4. The summed E-state index contributed by atoms with van der Waals surface area (Å²) in [5, 5.41) is 61.6. The van der Waals surface area contributed by atoms with Gasteiger partial charge < -0.3 is 80.3 Å². The number of carbonyl (C=O) groups excluding carboxylic acids is 3. The summed E-state index contributed by atoms with van der Waals surface area (Å²) < 4.78 is 70.4. The quantitative estimate of drug-likeness (QED) is 0.0153. The lowest BCUT2D eigenvalue weighted by atomic mass is 9.95. The van der Waals surface area contributed by atoms with Crippen molar-refractivity contribution in [2.75, 3.05) is 39.6 Å². The van der Waals surface area contributed by atoms with Crippen molar-refractivity contribution in [2.45, 2.75) is 370 Å². The number of nitrogens with one attached hydrogen (secondary N) is 2. The monoisotopic (exact) mass is 1380 g/mol. The summed E-state index contributed by atoms with van der Waals surface area (Å²) >= 11 is 0. The molecule has 0 saturated carbocycles. The number of hydrogen-bond donors (Lipinski definition) is 11. The Labute approximate surface area is 558 Å². The topological polar surface area (TPSA) is 371 Å². The second-order valence-electron chi connectivity index (χ2n) is 26.0. The molecule has 0 spiro atoms. The molecule has 0 aliphatic carbocycles. The largest absolute Gasteiger partial charge is 0.472 e. The van der Waals surface area contributed by atoms with E-state index in [-0.39, 0.29) is 25.9 Å². The third-order valence-electron chi connectivity index (χ3n) is 17.5. The molecule has 13 atom stereocenters. The van der Waals surface area contributed by atoms with Crippen LogP contribution in [0, 0.1) is 0 Å². The second kappa shape index (κ2) is 55.1. The van der Waals surface area contributed by atoms with Crippen molar-refractivity contribution >= 4 is 33.4 Å². The van der Waals surface area contributed by atoms with Gasteiger partial charge >= 0.3 is 21.6 Å². The van der Waals surface area contributed by atoms with Crippen molar-refractivity contribution in [1.29, 1.82) is 0 Å². The highest BCUT2D eigenvalue weighted by Gasteiger charge is 2.51. The lowest BCUT2D eigenvalue weighted by Gasteiger charge is -2.45. The molecule has 26 heteroatoms. The van der Waals surface area contributed by atoms with Gasteiger partial charge in [0.15, 0.2) is 12.6 Å². The number of aliphatic hydroxyl groups excluding tert-OH is 5. The van der Waals surface area contributed by atoms with Crippen molar-refractivity contribution < 1.29 is 101 Å². The van der Waals surface area contributed by atoms with Crippen molar-refractivity contribution in [3.8, 4) is 0 Å². The van der Waals surface area contributed by atoms with E-state index in [9.17, 15) is 63.7 Å². The summed E-state index contributed by atoms with van der Waals surface area (Å²) in [6, 6.07) is -3.19. The number of hydrogen-bond acceptors (Lipinski definition) is 19. The number of ether oxygens (including phenoxy) is 5. The van der Waals surface area contributed by atoms with Gasteiger partial charge in [-0.15, -0.1) is 0 Å². The maximum atomic E-state index is 14.1. The molecule has 12 N–H and O–H groups in total. The number of unbranched alkanes of at least 4 members (excludes halogenated alkanes) is 34. The fourth-order valence-corrected chi connectivity index (χ4v) is 13.3. The van der Waals surface area contributed by atoms with Crippen LogP contribution in [0.5, 0.6) is 0 Å². The molecule has 550 valence electrons. The predicted molar refractivity (Wildman–Crippen MR) is 357 cm³/mol. The summed E-state index contributed by atoms with van der Waals surface area (Å²) in [7, 11) is -9.93. The first kappa shape index (κ1) is 87.3. The highest BCUT2D eigenvalue weighted by atomic mass is 31.2. The van der Waals surface area contributed by atoms with Crippen LogP contribution in [0.2, 0.25) is 0 Å². The first-order chi connectivity index (χ1) is 44.8. The number of nitrogens with two attached hydrogens (primary N) is 1. The molecule has 0 aromatic heterocycles. The molecule has 2 heterocycles. The Morgan fingerprint density at radius 3 is 1.41 bits per heavy atom. The molecule has 93 heavy (non-hydrogen) atoms. The Morgan fingerprint density at radius 1 is 0.495 bits per heavy atom. The van der Waals surface area contributed by atoms with Gasteiger partial charge in [0.1, 0.15) is 54.8 Å². The van der Waals surface area contributed by atoms with Gasteiger partial charge in [-0.05, 0) is 45.1 Å². The summed E-state index contributed by atoms with van der Waals surface area (Å²) in [5.41, 5.74) is 5.57. The predicted octanol–water partition coefficient (Wildman–Crippen LogP) is 11.2. The summed E-state index contributed by atoms with van der Waals surface area (Å²) in [6.07, 6.45) is 23.9. The van der Waals surface area contributed by atoms with E-state index in [1.165, 1.54) is 83.5 Å². The van der Waals surface area contributed by atoms with Gasteiger partial charge in [0.2, 0.25) is 11.8 Å². The van der Waals surface area contributed by atoms with Crippen LogP contribution in [0.4, 0.5) is 0 Å². The molecular formula is C67H131N3O21P2. The van der Waals surface area contributed by atoms with Gasteiger partial charge in [0.25, 0.3) is 0 Å². The molecule has 2 fully saturated rings. The summed E-state index contributed by atoms with van der Waals surface area (Å²) in [5.74, 6) is -1.92. The van der Waals surface area contributed by atoms with Crippen molar-refractivity contribution in [3.05, 3.63) is 0 Å². The van der Waals surface area contributed by atoms with Crippen LogP contribution < -0.4 is 16.4 Å². The first-order valence-corrected chi connectivity index (χ1v) is 39.5. The minimum atomic E-state index is -5.37. The Morgan fingerprint density at radius 2 is 0.914 bits per heavy atom. The van der Waals surface area contributed by atoms with E-state index in [1.54, 1.807) is 0 Å². The van der Waals surface area contributed by atoms with Crippen LogP contribution in [-0.2, 0) is 60.8 Å². The van der Waals surface area contributed by atoms with Gasteiger partial charge in [-0.25, -0.2) is 9.13 Å². The van der Waals surface area contributed by atoms with Crippen LogP contribution in [0.1, 0.15) is 297 Å². The van der Waals surface area contributed by atoms with E-state index >= 15 is 0 Å². The van der Waals surface area contributed by atoms with Gasteiger partial charge in [-0.2, -0.15) is 0 Å².